The predicted molar refractivity (Wildman–Crippen MR) is 146 cm³/mol. The first-order chi connectivity index (χ1) is 18.2. The van der Waals surface area contributed by atoms with E-state index in [1.54, 1.807) is 7.11 Å². The highest BCUT2D eigenvalue weighted by molar-refractivity contribution is 5.81. The molecule has 3 aromatic carbocycles. The first-order valence-electron chi connectivity index (χ1n) is 12.6. The summed E-state index contributed by atoms with van der Waals surface area (Å²) in [7, 11) is 1.66. The Balaban J connectivity index is 1.57. The van der Waals surface area contributed by atoms with Crippen LogP contribution in [-0.2, 0) is 6.54 Å². The Morgan fingerprint density at radius 3 is 2.43 bits per heavy atom. The molecule has 1 atom stereocenters. The molecule has 3 aromatic rings. The molecule has 6 nitrogen and oxygen atoms in total. The maximum Gasteiger partial charge on any atom is 0.205 e. The van der Waals surface area contributed by atoms with E-state index in [0.29, 0.717) is 19.0 Å². The SMILES string of the molecule is COc1ccc(C(C#Cc2ccccc2)CNC(=NCc2ccccc2)NC#N)cc1OC1CCCC1. The predicted octanol–water partition coefficient (Wildman–Crippen LogP) is 5.37. The van der Waals surface area contributed by atoms with Crippen LogP contribution in [0.1, 0.15) is 48.3 Å². The summed E-state index contributed by atoms with van der Waals surface area (Å²) in [5.41, 5.74) is 3.01. The van der Waals surface area contributed by atoms with E-state index in [2.05, 4.69) is 27.5 Å². The molecule has 2 N–H and O–H groups in total. The van der Waals surface area contributed by atoms with Gasteiger partial charge in [-0.2, -0.15) is 5.26 Å². The van der Waals surface area contributed by atoms with Crippen LogP contribution in [0.15, 0.2) is 83.9 Å². The van der Waals surface area contributed by atoms with Crippen LogP contribution in [0.4, 0.5) is 0 Å². The van der Waals surface area contributed by atoms with Gasteiger partial charge in [-0.05, 0) is 61.1 Å². The third-order valence-electron chi connectivity index (χ3n) is 6.26. The molecule has 0 aliphatic heterocycles. The number of methoxy groups -OCH3 is 1. The lowest BCUT2D eigenvalue weighted by Gasteiger charge is -2.19. The van der Waals surface area contributed by atoms with Crippen molar-refractivity contribution in [1.82, 2.24) is 10.6 Å². The normalized spacial score (nSPS) is 14.1. The molecule has 0 bridgehead atoms. The largest absolute Gasteiger partial charge is 0.493 e. The Morgan fingerprint density at radius 2 is 1.73 bits per heavy atom. The van der Waals surface area contributed by atoms with Gasteiger partial charge in [0.15, 0.2) is 17.7 Å². The molecular weight excluding hydrogens is 460 g/mol. The minimum atomic E-state index is -0.181. The molecule has 1 saturated carbocycles. The summed E-state index contributed by atoms with van der Waals surface area (Å²) in [6.07, 6.45) is 6.70. The van der Waals surface area contributed by atoms with Crippen molar-refractivity contribution in [2.75, 3.05) is 13.7 Å². The second-order valence-corrected chi connectivity index (χ2v) is 8.89. The third-order valence-corrected chi connectivity index (χ3v) is 6.26. The molecule has 0 amide bonds. The lowest BCUT2D eigenvalue weighted by molar-refractivity contribution is 0.200. The molecule has 188 valence electrons. The van der Waals surface area contributed by atoms with Gasteiger partial charge >= 0.3 is 0 Å². The molecule has 0 radical (unpaired) electrons. The average molecular weight is 493 g/mol. The number of ether oxygens (including phenoxy) is 2. The first kappa shape index (κ1) is 25.7. The van der Waals surface area contributed by atoms with Crippen LogP contribution in [0.2, 0.25) is 0 Å². The fraction of sp³-hybridized carbons (Fsp3) is 0.290. The van der Waals surface area contributed by atoms with E-state index in [9.17, 15) is 5.26 Å². The van der Waals surface area contributed by atoms with E-state index in [1.165, 1.54) is 12.8 Å². The molecule has 1 aliphatic carbocycles. The molecular formula is C31H32N4O2. The van der Waals surface area contributed by atoms with Crippen LogP contribution < -0.4 is 20.1 Å². The van der Waals surface area contributed by atoms with E-state index in [4.69, 9.17) is 9.47 Å². The van der Waals surface area contributed by atoms with Gasteiger partial charge in [-0.15, -0.1) is 0 Å². The van der Waals surface area contributed by atoms with Gasteiger partial charge in [0.25, 0.3) is 0 Å². The second kappa shape index (κ2) is 13.6. The maximum atomic E-state index is 9.26. The van der Waals surface area contributed by atoms with Crippen LogP contribution in [0.5, 0.6) is 11.5 Å². The maximum absolute atomic E-state index is 9.26. The average Bonchev–Trinajstić information content (AvgIpc) is 3.46. The number of aliphatic imine (C=N–C) groups is 1. The van der Waals surface area contributed by atoms with E-state index in [-0.39, 0.29) is 12.0 Å². The van der Waals surface area contributed by atoms with Crippen LogP contribution in [-0.4, -0.2) is 25.7 Å². The highest BCUT2D eigenvalue weighted by Crippen LogP contribution is 2.34. The molecule has 4 rings (SSSR count). The molecule has 0 aromatic heterocycles. The molecule has 1 fully saturated rings. The number of nitriles is 1. The van der Waals surface area contributed by atoms with Gasteiger partial charge in [0.05, 0.1) is 25.7 Å². The molecule has 1 aliphatic rings. The highest BCUT2D eigenvalue weighted by Gasteiger charge is 2.20. The zero-order chi connectivity index (χ0) is 25.7. The zero-order valence-electron chi connectivity index (χ0n) is 21.1. The van der Waals surface area contributed by atoms with Crippen LogP contribution in [0.25, 0.3) is 0 Å². The Morgan fingerprint density at radius 1 is 1.00 bits per heavy atom. The Kier molecular flexibility index (Phi) is 9.44. The first-order valence-corrected chi connectivity index (χ1v) is 12.6. The van der Waals surface area contributed by atoms with Gasteiger partial charge in [0.2, 0.25) is 5.96 Å². The van der Waals surface area contributed by atoms with Gasteiger partial charge in [-0.25, -0.2) is 4.99 Å². The smallest absolute Gasteiger partial charge is 0.205 e. The Bertz CT molecular complexity index is 1270. The Labute approximate surface area is 219 Å². The van der Waals surface area contributed by atoms with E-state index >= 15 is 0 Å². The second-order valence-electron chi connectivity index (χ2n) is 8.89. The van der Waals surface area contributed by atoms with Gasteiger partial charge < -0.3 is 14.8 Å². The van der Waals surface area contributed by atoms with E-state index in [1.807, 2.05) is 85.1 Å². The van der Waals surface area contributed by atoms with Crippen LogP contribution in [0, 0.1) is 23.3 Å². The summed E-state index contributed by atoms with van der Waals surface area (Å²) in [5.74, 6) is 8.39. The van der Waals surface area contributed by atoms with Crippen molar-refractivity contribution >= 4 is 5.96 Å². The van der Waals surface area contributed by atoms with Crippen molar-refractivity contribution in [3.63, 3.8) is 0 Å². The molecule has 37 heavy (non-hydrogen) atoms. The zero-order valence-corrected chi connectivity index (χ0v) is 21.1. The number of hydrogen-bond acceptors (Lipinski definition) is 4. The Hall–Kier alpha value is -4.42. The topological polar surface area (TPSA) is 78.7 Å². The number of guanidine groups is 1. The minimum Gasteiger partial charge on any atom is -0.493 e. The standard InChI is InChI=1S/C31H32N4O2/c1-36-29-19-18-26(20-30(29)37-28-14-8-9-15-28)27(17-16-24-10-4-2-5-11-24)22-34-31(35-23-32)33-21-25-12-6-3-7-13-25/h2-7,10-13,18-20,27-28H,8-9,14-15,21-22H2,1H3,(H2,33,34,35). The van der Waals surface area contributed by atoms with Gasteiger partial charge in [0, 0.05) is 12.1 Å². The van der Waals surface area contributed by atoms with Gasteiger partial charge in [-0.3, -0.25) is 5.32 Å². The minimum absolute atomic E-state index is 0.181. The number of nitrogens with zero attached hydrogens (tertiary/aromatic N) is 2. The van der Waals surface area contributed by atoms with Crippen molar-refractivity contribution in [1.29, 1.82) is 5.26 Å². The monoisotopic (exact) mass is 492 g/mol. The molecule has 6 heteroatoms. The summed E-state index contributed by atoms with van der Waals surface area (Å²) < 4.78 is 11.9. The van der Waals surface area contributed by atoms with Crippen molar-refractivity contribution < 1.29 is 9.47 Å². The third kappa shape index (κ3) is 7.78. The number of hydrogen-bond donors (Lipinski definition) is 2. The number of benzene rings is 3. The molecule has 0 saturated heterocycles. The summed E-state index contributed by atoms with van der Waals surface area (Å²) in [5, 5.41) is 15.2. The van der Waals surface area contributed by atoms with Crippen molar-refractivity contribution in [3.05, 3.63) is 95.6 Å². The van der Waals surface area contributed by atoms with Crippen molar-refractivity contribution in [2.24, 2.45) is 4.99 Å². The van der Waals surface area contributed by atoms with Crippen molar-refractivity contribution in [2.45, 2.75) is 44.2 Å². The lowest BCUT2D eigenvalue weighted by atomic mass is 9.98. The quantitative estimate of drug-likeness (QED) is 0.145. The van der Waals surface area contributed by atoms with Gasteiger partial charge in [-0.1, -0.05) is 66.4 Å². The van der Waals surface area contributed by atoms with E-state index < -0.39 is 0 Å². The molecule has 0 spiro atoms. The highest BCUT2D eigenvalue weighted by atomic mass is 16.5. The summed E-state index contributed by atoms with van der Waals surface area (Å²) in [6, 6.07) is 25.8. The summed E-state index contributed by atoms with van der Waals surface area (Å²) in [4.78, 5) is 4.56. The summed E-state index contributed by atoms with van der Waals surface area (Å²) in [6.45, 7) is 0.914. The fourth-order valence-corrected chi connectivity index (χ4v) is 4.28. The number of nitrogens with one attached hydrogen (secondary N) is 2. The van der Waals surface area contributed by atoms with Crippen LogP contribution in [0.3, 0.4) is 0 Å². The lowest BCUT2D eigenvalue weighted by Crippen LogP contribution is -2.37. The van der Waals surface area contributed by atoms with Crippen LogP contribution >= 0.6 is 0 Å². The number of rotatable bonds is 8. The van der Waals surface area contributed by atoms with Crippen molar-refractivity contribution in [3.8, 4) is 29.5 Å². The van der Waals surface area contributed by atoms with E-state index in [0.717, 1.165) is 41.0 Å². The molecule has 1 unspecified atom stereocenters. The summed E-state index contributed by atoms with van der Waals surface area (Å²) >= 11 is 0. The molecule has 0 heterocycles. The van der Waals surface area contributed by atoms with Gasteiger partial charge in [0.1, 0.15) is 0 Å². The fourth-order valence-electron chi connectivity index (χ4n) is 4.28.